The summed E-state index contributed by atoms with van der Waals surface area (Å²) in [4.78, 5) is 0. The summed E-state index contributed by atoms with van der Waals surface area (Å²) >= 11 is 5.90. The molecule has 17 heavy (non-hydrogen) atoms. The van der Waals surface area contributed by atoms with E-state index in [1.54, 1.807) is 0 Å². The Morgan fingerprint density at radius 2 is 2.00 bits per heavy atom. The number of rotatable bonds is 5. The Morgan fingerprint density at radius 3 is 2.59 bits per heavy atom. The van der Waals surface area contributed by atoms with Crippen LogP contribution in [0.3, 0.4) is 0 Å². The number of nitrogens with one attached hydrogen (secondary N) is 1. The van der Waals surface area contributed by atoms with E-state index in [0.29, 0.717) is 11.5 Å². The van der Waals surface area contributed by atoms with E-state index in [1.165, 1.54) is 18.4 Å². The van der Waals surface area contributed by atoms with Crippen molar-refractivity contribution in [3.63, 3.8) is 0 Å². The zero-order valence-corrected chi connectivity index (χ0v) is 11.7. The molecule has 0 spiro atoms. The summed E-state index contributed by atoms with van der Waals surface area (Å²) in [7, 11) is 0. The summed E-state index contributed by atoms with van der Waals surface area (Å²) in [6.07, 6.45) is 2.52. The number of benzene rings is 1. The smallest absolute Gasteiger partial charge is 0.0406 e. The van der Waals surface area contributed by atoms with Crippen molar-refractivity contribution in [2.45, 2.75) is 39.7 Å². The Bertz CT molecular complexity index is 371. The molecule has 2 atom stereocenters. The molecule has 0 amide bonds. The quantitative estimate of drug-likeness (QED) is 0.837. The van der Waals surface area contributed by atoms with Gasteiger partial charge in [0.25, 0.3) is 0 Å². The largest absolute Gasteiger partial charge is 0.314 e. The lowest BCUT2D eigenvalue weighted by Crippen LogP contribution is -2.26. The van der Waals surface area contributed by atoms with Crippen LogP contribution in [0.25, 0.3) is 0 Å². The van der Waals surface area contributed by atoms with Crippen LogP contribution in [0.15, 0.2) is 24.3 Å². The molecular weight excluding hydrogens is 230 g/mol. The average molecular weight is 252 g/mol. The first-order valence-corrected chi connectivity index (χ1v) is 6.85. The van der Waals surface area contributed by atoms with E-state index in [-0.39, 0.29) is 0 Å². The lowest BCUT2D eigenvalue weighted by atomic mass is 9.96. The van der Waals surface area contributed by atoms with Crippen LogP contribution in [0.2, 0.25) is 5.02 Å². The minimum Gasteiger partial charge on any atom is -0.314 e. The van der Waals surface area contributed by atoms with Crippen molar-refractivity contribution < 1.29 is 0 Å². The van der Waals surface area contributed by atoms with Gasteiger partial charge >= 0.3 is 0 Å². The van der Waals surface area contributed by atoms with Crippen LogP contribution in [0, 0.1) is 11.3 Å². The van der Waals surface area contributed by atoms with Crippen molar-refractivity contribution in [1.29, 1.82) is 0 Å². The van der Waals surface area contributed by atoms with Crippen LogP contribution in [0.5, 0.6) is 0 Å². The number of hydrogen-bond donors (Lipinski definition) is 1. The van der Waals surface area contributed by atoms with Gasteiger partial charge in [0.1, 0.15) is 0 Å². The van der Waals surface area contributed by atoms with Gasteiger partial charge in [0.05, 0.1) is 0 Å². The van der Waals surface area contributed by atoms with Gasteiger partial charge in [-0.2, -0.15) is 0 Å². The fourth-order valence-electron chi connectivity index (χ4n) is 2.49. The van der Waals surface area contributed by atoms with Crippen LogP contribution in [-0.2, 0) is 6.42 Å². The van der Waals surface area contributed by atoms with E-state index in [1.807, 2.05) is 12.1 Å². The standard InChI is InChI=1S/C15H22ClN/c1-11(2)17-10-13-9-15(13,3)8-12-4-6-14(16)7-5-12/h4-7,11,13,17H,8-10H2,1-3H3. The molecule has 94 valence electrons. The maximum Gasteiger partial charge on any atom is 0.0406 e. The molecule has 1 nitrogen and oxygen atoms in total. The third-order valence-corrected chi connectivity index (χ3v) is 4.08. The van der Waals surface area contributed by atoms with E-state index in [0.717, 1.165) is 17.5 Å². The highest BCUT2D eigenvalue weighted by atomic mass is 35.5. The summed E-state index contributed by atoms with van der Waals surface area (Å²) in [6, 6.07) is 8.88. The third-order valence-electron chi connectivity index (χ3n) is 3.83. The van der Waals surface area contributed by atoms with Crippen LogP contribution in [0.4, 0.5) is 0 Å². The van der Waals surface area contributed by atoms with Gasteiger partial charge in [-0.15, -0.1) is 0 Å². The first-order chi connectivity index (χ1) is 7.99. The summed E-state index contributed by atoms with van der Waals surface area (Å²) < 4.78 is 0. The minimum absolute atomic E-state index is 0.496. The zero-order valence-electron chi connectivity index (χ0n) is 11.0. The van der Waals surface area contributed by atoms with Gasteiger partial charge < -0.3 is 5.32 Å². The van der Waals surface area contributed by atoms with E-state index < -0.39 is 0 Å². The maximum absolute atomic E-state index is 5.90. The molecule has 0 aromatic heterocycles. The van der Waals surface area contributed by atoms with E-state index in [2.05, 4.69) is 38.2 Å². The lowest BCUT2D eigenvalue weighted by Gasteiger charge is -2.13. The van der Waals surface area contributed by atoms with Gasteiger partial charge in [-0.25, -0.2) is 0 Å². The van der Waals surface area contributed by atoms with Crippen LogP contribution >= 0.6 is 11.6 Å². The fraction of sp³-hybridized carbons (Fsp3) is 0.600. The molecule has 0 heterocycles. The molecule has 2 heteroatoms. The van der Waals surface area contributed by atoms with E-state index >= 15 is 0 Å². The summed E-state index contributed by atoms with van der Waals surface area (Å²) in [5, 5.41) is 4.36. The molecular formula is C15H22ClN. The first kappa shape index (κ1) is 12.9. The molecule has 2 unspecified atom stereocenters. The van der Waals surface area contributed by atoms with Gasteiger partial charge in [-0.1, -0.05) is 44.5 Å². The molecule has 0 saturated heterocycles. The summed E-state index contributed by atoms with van der Waals surface area (Å²) in [6.45, 7) is 7.97. The van der Waals surface area contributed by atoms with Crippen molar-refractivity contribution in [3.8, 4) is 0 Å². The maximum atomic E-state index is 5.90. The molecule has 1 aliphatic rings. The van der Waals surface area contributed by atoms with Gasteiger partial charge in [-0.05, 0) is 48.4 Å². The van der Waals surface area contributed by atoms with E-state index in [9.17, 15) is 0 Å². The second-order valence-corrected chi connectivity index (χ2v) is 6.36. The molecule has 1 aliphatic carbocycles. The Hall–Kier alpha value is -0.530. The predicted molar refractivity (Wildman–Crippen MR) is 74.5 cm³/mol. The minimum atomic E-state index is 0.496. The van der Waals surface area contributed by atoms with Crippen LogP contribution in [-0.4, -0.2) is 12.6 Å². The number of halogens is 1. The molecule has 1 N–H and O–H groups in total. The molecule has 0 aliphatic heterocycles. The molecule has 1 fully saturated rings. The van der Waals surface area contributed by atoms with Crippen molar-refractivity contribution >= 4 is 11.6 Å². The third kappa shape index (κ3) is 3.46. The normalized spacial score (nSPS) is 27.5. The predicted octanol–water partition coefficient (Wildman–Crippen LogP) is 3.91. The van der Waals surface area contributed by atoms with Crippen LogP contribution in [0.1, 0.15) is 32.8 Å². The Kier molecular flexibility index (Phi) is 3.79. The van der Waals surface area contributed by atoms with Gasteiger partial charge in [0.15, 0.2) is 0 Å². The topological polar surface area (TPSA) is 12.0 Å². The highest BCUT2D eigenvalue weighted by molar-refractivity contribution is 6.30. The molecule has 1 aromatic carbocycles. The van der Waals surface area contributed by atoms with Crippen molar-refractivity contribution in [1.82, 2.24) is 5.32 Å². The molecule has 0 bridgehead atoms. The van der Waals surface area contributed by atoms with Crippen molar-refractivity contribution in [2.24, 2.45) is 11.3 Å². The second-order valence-electron chi connectivity index (χ2n) is 5.92. The lowest BCUT2D eigenvalue weighted by molar-refractivity contribution is 0.459. The Balaban J connectivity index is 1.86. The highest BCUT2D eigenvalue weighted by Gasteiger charge is 2.48. The zero-order chi connectivity index (χ0) is 12.5. The molecule has 1 aromatic rings. The summed E-state index contributed by atoms with van der Waals surface area (Å²) in [5.74, 6) is 0.834. The summed E-state index contributed by atoms with van der Waals surface area (Å²) in [5.41, 5.74) is 1.90. The fourth-order valence-corrected chi connectivity index (χ4v) is 2.61. The second kappa shape index (κ2) is 4.99. The molecule has 1 saturated carbocycles. The Labute approximate surface area is 110 Å². The Morgan fingerprint density at radius 1 is 1.35 bits per heavy atom. The molecule has 2 rings (SSSR count). The monoisotopic (exact) mass is 251 g/mol. The van der Waals surface area contributed by atoms with Gasteiger partial charge in [-0.3, -0.25) is 0 Å². The highest BCUT2D eigenvalue weighted by Crippen LogP contribution is 2.54. The van der Waals surface area contributed by atoms with Crippen molar-refractivity contribution in [3.05, 3.63) is 34.9 Å². The molecule has 0 radical (unpaired) electrons. The first-order valence-electron chi connectivity index (χ1n) is 6.47. The SMILES string of the molecule is CC(C)NCC1CC1(C)Cc1ccc(Cl)cc1. The van der Waals surface area contributed by atoms with E-state index in [4.69, 9.17) is 11.6 Å². The average Bonchev–Trinajstić information content (AvgIpc) is 2.90. The van der Waals surface area contributed by atoms with Gasteiger partial charge in [0.2, 0.25) is 0 Å². The van der Waals surface area contributed by atoms with Crippen molar-refractivity contribution in [2.75, 3.05) is 6.54 Å². The van der Waals surface area contributed by atoms with Crippen LogP contribution < -0.4 is 5.32 Å². The van der Waals surface area contributed by atoms with Gasteiger partial charge in [0, 0.05) is 11.1 Å². The number of hydrogen-bond acceptors (Lipinski definition) is 1.